The zero-order valence-electron chi connectivity index (χ0n) is 24.4. The Morgan fingerprint density at radius 2 is 1.71 bits per heavy atom. The molecule has 9 nitrogen and oxygen atoms in total. The Morgan fingerprint density at radius 1 is 1.00 bits per heavy atom. The summed E-state index contributed by atoms with van der Waals surface area (Å²) in [6.07, 6.45) is -3.38. The van der Waals surface area contributed by atoms with Crippen LogP contribution in [0.15, 0.2) is 64.0 Å². The molecule has 14 heteroatoms. The van der Waals surface area contributed by atoms with Crippen LogP contribution in [-0.2, 0) is 4.18 Å². The average molecular weight is 646 g/mol. The van der Waals surface area contributed by atoms with Crippen LogP contribution in [-0.4, -0.2) is 56.1 Å². The van der Waals surface area contributed by atoms with Crippen molar-refractivity contribution in [3.05, 3.63) is 71.5 Å². The fourth-order valence-electron chi connectivity index (χ4n) is 4.75. The number of halogens is 4. The number of nitrogens with one attached hydrogen (secondary N) is 2. The first-order chi connectivity index (χ1) is 21.3. The molecule has 0 fully saturated rings. The van der Waals surface area contributed by atoms with Crippen LogP contribution < -0.4 is 20.1 Å². The first kappa shape index (κ1) is 31.7. The Morgan fingerprint density at radius 3 is 2.33 bits per heavy atom. The third-order valence-corrected chi connectivity index (χ3v) is 8.03. The van der Waals surface area contributed by atoms with Gasteiger partial charge < -0.3 is 28.7 Å². The first-order valence-electron chi connectivity index (χ1n) is 13.4. The number of rotatable bonds is 9. The average Bonchev–Trinajstić information content (AvgIpc) is 3.68. The smallest absolute Gasteiger partial charge is 0.422 e. The first-order valence-corrected chi connectivity index (χ1v) is 14.2. The van der Waals surface area contributed by atoms with E-state index in [1.807, 2.05) is 0 Å². The minimum Gasteiger partial charge on any atom is -0.496 e. The number of ether oxygens (including phenoxy) is 2. The molecule has 4 aromatic rings. The minimum absolute atomic E-state index is 0.0546. The quantitative estimate of drug-likeness (QED) is 0.153. The summed E-state index contributed by atoms with van der Waals surface area (Å²) >= 11 is 1.08. The highest BCUT2D eigenvalue weighted by molar-refractivity contribution is 7.96. The van der Waals surface area contributed by atoms with Crippen molar-refractivity contribution in [3.8, 4) is 33.9 Å². The molecule has 2 heterocycles. The van der Waals surface area contributed by atoms with Gasteiger partial charge in [-0.3, -0.25) is 9.59 Å². The molecule has 2 amide bonds. The van der Waals surface area contributed by atoms with Crippen LogP contribution >= 0.6 is 12.0 Å². The molecule has 1 atom stereocenters. The van der Waals surface area contributed by atoms with Crippen LogP contribution in [0, 0.1) is 5.82 Å². The lowest BCUT2D eigenvalue weighted by Crippen LogP contribution is -2.49. The van der Waals surface area contributed by atoms with E-state index in [4.69, 9.17) is 18.1 Å². The number of furan rings is 1. The highest BCUT2D eigenvalue weighted by Gasteiger charge is 2.36. The van der Waals surface area contributed by atoms with Gasteiger partial charge in [0, 0.05) is 29.6 Å². The van der Waals surface area contributed by atoms with E-state index in [2.05, 4.69) is 15.6 Å². The lowest BCUT2D eigenvalue weighted by atomic mass is 9.97. The zero-order chi connectivity index (χ0) is 32.5. The maximum Gasteiger partial charge on any atom is 0.422 e. The van der Waals surface area contributed by atoms with Gasteiger partial charge in [-0.05, 0) is 61.9 Å². The van der Waals surface area contributed by atoms with Crippen molar-refractivity contribution in [3.63, 3.8) is 0 Å². The molecule has 0 radical (unpaired) electrons. The molecule has 0 saturated heterocycles. The topological polar surface area (TPSA) is 111 Å². The Bertz CT molecular complexity index is 1790. The van der Waals surface area contributed by atoms with Crippen LogP contribution in [0.4, 0.5) is 17.6 Å². The van der Waals surface area contributed by atoms with Crippen molar-refractivity contribution in [2.24, 2.45) is 4.99 Å². The van der Waals surface area contributed by atoms with Crippen LogP contribution in [0.2, 0.25) is 0 Å². The van der Waals surface area contributed by atoms with Crippen LogP contribution in [0.25, 0.3) is 33.4 Å². The fraction of sp³-hybridized carbons (Fsp3) is 0.258. The summed E-state index contributed by atoms with van der Waals surface area (Å²) in [4.78, 5) is 30.8. The summed E-state index contributed by atoms with van der Waals surface area (Å²) in [5.74, 6) is -1.51. The van der Waals surface area contributed by atoms with Crippen molar-refractivity contribution in [1.29, 1.82) is 0 Å². The molecule has 3 aromatic carbocycles. The maximum atomic E-state index is 13.7. The van der Waals surface area contributed by atoms with Crippen LogP contribution in [0.1, 0.15) is 34.6 Å². The second-order valence-electron chi connectivity index (χ2n) is 10.5. The number of nitrogens with zero attached hydrogens (tertiary/aromatic N) is 1. The SMILES string of the molecule is CNC(=O)c1c(-c2ccc(F)cc2)oc2cc(OCC(F)(F)F)c(-c3ccc(OC)c(C(=O)NC(C)(C)C4N=COS4)c3)cc12. The van der Waals surface area contributed by atoms with Gasteiger partial charge in [0.15, 0.2) is 18.4 Å². The van der Waals surface area contributed by atoms with Crippen molar-refractivity contribution >= 4 is 41.2 Å². The second-order valence-corrected chi connectivity index (χ2v) is 11.4. The third-order valence-electron chi connectivity index (χ3n) is 6.94. The van der Waals surface area contributed by atoms with Crippen molar-refractivity contribution in [2.75, 3.05) is 20.8 Å². The van der Waals surface area contributed by atoms with Gasteiger partial charge in [0.25, 0.3) is 11.8 Å². The maximum absolute atomic E-state index is 13.7. The Kier molecular flexibility index (Phi) is 8.70. The Labute approximate surface area is 259 Å². The lowest BCUT2D eigenvalue weighted by molar-refractivity contribution is -0.153. The summed E-state index contributed by atoms with van der Waals surface area (Å²) in [5, 5.41) is 5.27. The van der Waals surface area contributed by atoms with Gasteiger partial charge in [0.2, 0.25) is 0 Å². The molecule has 2 N–H and O–H groups in total. The van der Waals surface area contributed by atoms with E-state index >= 15 is 0 Å². The summed E-state index contributed by atoms with van der Waals surface area (Å²) in [7, 11) is 2.79. The zero-order valence-corrected chi connectivity index (χ0v) is 25.2. The van der Waals surface area contributed by atoms with Gasteiger partial charge in [-0.1, -0.05) is 6.07 Å². The number of alkyl halides is 3. The van der Waals surface area contributed by atoms with Gasteiger partial charge in [-0.25, -0.2) is 9.38 Å². The molecule has 5 rings (SSSR count). The minimum atomic E-state index is -4.66. The molecular formula is C31H27F4N3O6S. The molecule has 0 saturated carbocycles. The van der Waals surface area contributed by atoms with Crippen LogP contribution in [0.3, 0.4) is 0 Å². The van der Waals surface area contributed by atoms with Gasteiger partial charge in [-0.15, -0.1) is 0 Å². The van der Waals surface area contributed by atoms with Gasteiger partial charge >= 0.3 is 6.18 Å². The van der Waals surface area contributed by atoms with Gasteiger partial charge in [0.1, 0.15) is 28.7 Å². The second kappa shape index (κ2) is 12.3. The van der Waals surface area contributed by atoms with Gasteiger partial charge in [0.05, 0.1) is 35.8 Å². The summed E-state index contributed by atoms with van der Waals surface area (Å²) in [6, 6.07) is 12.4. The van der Waals surface area contributed by atoms with E-state index in [1.54, 1.807) is 19.9 Å². The van der Waals surface area contributed by atoms with E-state index in [1.165, 1.54) is 69.1 Å². The number of benzene rings is 3. The molecule has 1 aliphatic rings. The molecule has 1 aliphatic heterocycles. The molecule has 0 bridgehead atoms. The summed E-state index contributed by atoms with van der Waals surface area (Å²) in [5.41, 5.74) is 0.165. The van der Waals surface area contributed by atoms with Crippen LogP contribution in [0.5, 0.6) is 11.5 Å². The number of carbonyl (C=O) groups is 2. The normalized spacial score (nSPS) is 14.7. The standard InChI is InChI=1S/C31H27F4N3O6S/c1-30(2,29-37-15-43-45-29)38-27(39)21-11-17(7-10-22(21)41-4)19-12-20-24(13-23(19)42-14-31(33,34)35)44-26(25(20)28(40)36-3)16-5-8-18(32)9-6-16/h5-13,15,29H,14H2,1-4H3,(H,36,40)(H,38,39). The predicted octanol–water partition coefficient (Wildman–Crippen LogP) is 6.76. The molecule has 0 spiro atoms. The molecule has 1 aromatic heterocycles. The predicted molar refractivity (Wildman–Crippen MR) is 161 cm³/mol. The Balaban J connectivity index is 1.67. The third kappa shape index (κ3) is 6.70. The van der Waals surface area contributed by atoms with E-state index in [0.29, 0.717) is 11.1 Å². The summed E-state index contributed by atoms with van der Waals surface area (Å²) < 4.78 is 75.3. The number of hydrogen-bond acceptors (Lipinski definition) is 8. The number of methoxy groups -OCH3 is 1. The van der Waals surface area contributed by atoms with Crippen molar-refractivity contribution in [1.82, 2.24) is 10.6 Å². The Hall–Kier alpha value is -4.72. The molecule has 1 unspecified atom stereocenters. The van der Waals surface area contributed by atoms with Crippen molar-refractivity contribution in [2.45, 2.75) is 30.9 Å². The molecule has 0 aliphatic carbocycles. The van der Waals surface area contributed by atoms with E-state index < -0.39 is 41.3 Å². The number of fused-ring (bicyclic) bond motifs is 1. The monoisotopic (exact) mass is 645 g/mol. The van der Waals surface area contributed by atoms with E-state index in [0.717, 1.165) is 12.0 Å². The number of aliphatic imine (C=N–C) groups is 1. The molecular weight excluding hydrogens is 618 g/mol. The number of carbonyl (C=O) groups excluding carboxylic acids is 2. The molecule has 45 heavy (non-hydrogen) atoms. The highest BCUT2D eigenvalue weighted by atomic mass is 32.2. The van der Waals surface area contributed by atoms with Gasteiger partial charge in [-0.2, -0.15) is 13.2 Å². The van der Waals surface area contributed by atoms with E-state index in [-0.39, 0.29) is 44.9 Å². The number of hydrogen-bond donors (Lipinski definition) is 2. The van der Waals surface area contributed by atoms with Crippen molar-refractivity contribution < 1.29 is 45.2 Å². The van der Waals surface area contributed by atoms with E-state index in [9.17, 15) is 27.2 Å². The molecule has 236 valence electrons. The largest absolute Gasteiger partial charge is 0.496 e. The number of amides is 2. The lowest BCUT2D eigenvalue weighted by Gasteiger charge is -2.29. The summed E-state index contributed by atoms with van der Waals surface area (Å²) in [6.45, 7) is 1.92. The fourth-order valence-corrected chi connectivity index (χ4v) is 5.35. The highest BCUT2D eigenvalue weighted by Crippen LogP contribution is 2.42.